The first-order valence-electron chi connectivity index (χ1n) is 7.06. The molecule has 0 radical (unpaired) electrons. The normalized spacial score (nSPS) is 12.1. The Morgan fingerprint density at radius 1 is 1.35 bits per heavy atom. The smallest absolute Gasteiger partial charge is 0.351 e. The van der Waals surface area contributed by atoms with Gasteiger partial charge in [0.1, 0.15) is 5.69 Å². The molecule has 0 atom stereocenters. The zero-order valence-electron chi connectivity index (χ0n) is 13.1. The molecule has 1 amide bonds. The maximum atomic E-state index is 13.0. The van der Waals surface area contributed by atoms with Gasteiger partial charge in [0.25, 0.3) is 5.91 Å². The maximum absolute atomic E-state index is 13.0. The van der Waals surface area contributed by atoms with Crippen molar-refractivity contribution in [3.05, 3.63) is 29.2 Å². The number of fused-ring (bicyclic) bond motifs is 1. The van der Waals surface area contributed by atoms with Crippen molar-refractivity contribution >= 4 is 11.6 Å². The highest BCUT2D eigenvalue weighted by molar-refractivity contribution is 5.93. The first-order valence-corrected chi connectivity index (χ1v) is 7.06. The van der Waals surface area contributed by atoms with Crippen LogP contribution >= 0.6 is 0 Å². The Labute approximate surface area is 131 Å². The second-order valence-electron chi connectivity index (χ2n) is 5.49. The molecule has 0 unspecified atom stereocenters. The van der Waals surface area contributed by atoms with E-state index in [9.17, 15) is 18.0 Å². The fraction of sp³-hybridized carbons (Fsp3) is 0.500. The van der Waals surface area contributed by atoms with Crippen molar-refractivity contribution in [2.24, 2.45) is 0 Å². The van der Waals surface area contributed by atoms with Crippen LogP contribution in [-0.4, -0.2) is 52.6 Å². The van der Waals surface area contributed by atoms with E-state index in [1.165, 1.54) is 13.0 Å². The molecule has 2 aromatic heterocycles. The van der Waals surface area contributed by atoms with Gasteiger partial charge in [-0.1, -0.05) is 0 Å². The van der Waals surface area contributed by atoms with Gasteiger partial charge >= 0.3 is 6.18 Å². The SMILES string of the molecule is Cc1cc(C(F)(F)F)n2nc(C(=O)NCCCN(C)C)cc2n1. The van der Waals surface area contributed by atoms with E-state index >= 15 is 0 Å². The van der Waals surface area contributed by atoms with Gasteiger partial charge in [-0.25, -0.2) is 9.50 Å². The second kappa shape index (κ2) is 6.53. The number of hydrogen-bond acceptors (Lipinski definition) is 4. The van der Waals surface area contributed by atoms with Gasteiger partial charge in [0.15, 0.2) is 11.3 Å². The van der Waals surface area contributed by atoms with Crippen LogP contribution < -0.4 is 5.32 Å². The third-order valence-corrected chi connectivity index (χ3v) is 3.15. The first kappa shape index (κ1) is 17.2. The Kier molecular flexibility index (Phi) is 4.88. The van der Waals surface area contributed by atoms with Gasteiger partial charge in [-0.2, -0.15) is 18.3 Å². The van der Waals surface area contributed by atoms with Gasteiger partial charge in [-0.05, 0) is 40.1 Å². The number of amides is 1. The molecule has 0 aliphatic rings. The number of halogens is 3. The molecule has 0 aliphatic carbocycles. The largest absolute Gasteiger partial charge is 0.433 e. The molecule has 0 bridgehead atoms. The van der Waals surface area contributed by atoms with Crippen LogP contribution in [0.2, 0.25) is 0 Å². The Morgan fingerprint density at radius 2 is 2.04 bits per heavy atom. The average molecular weight is 329 g/mol. The minimum absolute atomic E-state index is 0.00392. The van der Waals surface area contributed by atoms with E-state index in [-0.39, 0.29) is 17.0 Å². The number of nitrogens with one attached hydrogen (secondary N) is 1. The summed E-state index contributed by atoms with van der Waals surface area (Å²) >= 11 is 0. The van der Waals surface area contributed by atoms with E-state index < -0.39 is 17.8 Å². The van der Waals surface area contributed by atoms with Gasteiger partial charge in [0, 0.05) is 18.3 Å². The van der Waals surface area contributed by atoms with Crippen molar-refractivity contribution in [3.8, 4) is 0 Å². The molecule has 0 aromatic carbocycles. The Hall–Kier alpha value is -2.16. The third-order valence-electron chi connectivity index (χ3n) is 3.15. The van der Waals surface area contributed by atoms with Crippen LogP contribution in [0.15, 0.2) is 12.1 Å². The lowest BCUT2D eigenvalue weighted by Gasteiger charge is -2.09. The van der Waals surface area contributed by atoms with E-state index in [1.807, 2.05) is 19.0 Å². The summed E-state index contributed by atoms with van der Waals surface area (Å²) in [5, 5.41) is 6.38. The van der Waals surface area contributed by atoms with E-state index in [1.54, 1.807) is 0 Å². The maximum Gasteiger partial charge on any atom is 0.433 e. The van der Waals surface area contributed by atoms with Gasteiger partial charge in [0.2, 0.25) is 0 Å². The van der Waals surface area contributed by atoms with Gasteiger partial charge in [0.05, 0.1) is 0 Å². The molecule has 2 rings (SSSR count). The van der Waals surface area contributed by atoms with Crippen molar-refractivity contribution in [2.45, 2.75) is 19.5 Å². The molecule has 2 heterocycles. The van der Waals surface area contributed by atoms with Crippen molar-refractivity contribution in [2.75, 3.05) is 27.2 Å². The summed E-state index contributed by atoms with van der Waals surface area (Å²) in [6, 6.07) is 2.16. The predicted molar refractivity (Wildman–Crippen MR) is 78.2 cm³/mol. The van der Waals surface area contributed by atoms with Crippen molar-refractivity contribution < 1.29 is 18.0 Å². The van der Waals surface area contributed by atoms with Crippen molar-refractivity contribution in [1.82, 2.24) is 24.8 Å². The highest BCUT2D eigenvalue weighted by Gasteiger charge is 2.35. The molecule has 9 heteroatoms. The summed E-state index contributed by atoms with van der Waals surface area (Å²) in [7, 11) is 3.83. The number of rotatable bonds is 5. The molecule has 0 spiro atoms. The van der Waals surface area contributed by atoms with Gasteiger partial charge in [-0.3, -0.25) is 4.79 Å². The van der Waals surface area contributed by atoms with Crippen LogP contribution in [0, 0.1) is 6.92 Å². The van der Waals surface area contributed by atoms with E-state index in [0.29, 0.717) is 11.1 Å². The Bertz CT molecular complexity index is 708. The van der Waals surface area contributed by atoms with Crippen molar-refractivity contribution in [1.29, 1.82) is 0 Å². The molecule has 0 aliphatic heterocycles. The van der Waals surface area contributed by atoms with Crippen LogP contribution in [0.5, 0.6) is 0 Å². The highest BCUT2D eigenvalue weighted by atomic mass is 19.4. The molecule has 0 saturated carbocycles. The minimum atomic E-state index is -4.57. The third kappa shape index (κ3) is 4.19. The second-order valence-corrected chi connectivity index (χ2v) is 5.49. The lowest BCUT2D eigenvalue weighted by molar-refractivity contribution is -0.142. The van der Waals surface area contributed by atoms with Crippen LogP contribution in [0.1, 0.15) is 28.3 Å². The minimum Gasteiger partial charge on any atom is -0.351 e. The molecule has 0 fully saturated rings. The first-order chi connectivity index (χ1) is 10.7. The zero-order valence-corrected chi connectivity index (χ0v) is 13.1. The van der Waals surface area contributed by atoms with Crippen LogP contribution in [0.3, 0.4) is 0 Å². The molecular weight excluding hydrogens is 311 g/mol. The summed E-state index contributed by atoms with van der Waals surface area (Å²) in [6.07, 6.45) is -3.84. The molecule has 23 heavy (non-hydrogen) atoms. The number of carbonyl (C=O) groups excluding carboxylic acids is 1. The van der Waals surface area contributed by atoms with Crippen LogP contribution in [-0.2, 0) is 6.18 Å². The zero-order chi connectivity index (χ0) is 17.2. The predicted octanol–water partition coefficient (Wildman–Crippen LogP) is 1.74. The number of alkyl halides is 3. The fourth-order valence-electron chi connectivity index (χ4n) is 2.10. The van der Waals surface area contributed by atoms with E-state index in [4.69, 9.17) is 0 Å². The molecule has 6 nitrogen and oxygen atoms in total. The molecule has 1 N–H and O–H groups in total. The van der Waals surface area contributed by atoms with Crippen LogP contribution in [0.25, 0.3) is 5.65 Å². The van der Waals surface area contributed by atoms with Gasteiger partial charge < -0.3 is 10.2 Å². The average Bonchev–Trinajstić information content (AvgIpc) is 2.84. The summed E-state index contributed by atoms with van der Waals surface area (Å²) in [6.45, 7) is 2.68. The summed E-state index contributed by atoms with van der Waals surface area (Å²) in [4.78, 5) is 18.0. The number of aryl methyl sites for hydroxylation is 1. The quantitative estimate of drug-likeness (QED) is 0.849. The lowest BCUT2D eigenvalue weighted by Crippen LogP contribution is -2.27. The summed E-state index contributed by atoms with van der Waals surface area (Å²) < 4.78 is 39.8. The summed E-state index contributed by atoms with van der Waals surface area (Å²) in [5.41, 5.74) is -0.830. The number of aromatic nitrogens is 3. The standard InChI is InChI=1S/C14H18F3N5O/c1-9-7-11(14(15,16)17)22-12(19-9)8-10(20-22)13(23)18-5-4-6-21(2)3/h7-8H,4-6H2,1-3H3,(H,18,23). The van der Waals surface area contributed by atoms with Crippen LogP contribution in [0.4, 0.5) is 13.2 Å². The van der Waals surface area contributed by atoms with Gasteiger partial charge in [-0.15, -0.1) is 0 Å². The number of hydrogen-bond donors (Lipinski definition) is 1. The molecular formula is C14H18F3N5O. The lowest BCUT2D eigenvalue weighted by atomic mass is 10.3. The molecule has 0 saturated heterocycles. The topological polar surface area (TPSA) is 62.5 Å². The molecule has 126 valence electrons. The fourth-order valence-corrected chi connectivity index (χ4v) is 2.10. The number of nitrogens with zero attached hydrogens (tertiary/aromatic N) is 4. The van der Waals surface area contributed by atoms with E-state index in [2.05, 4.69) is 15.4 Å². The highest BCUT2D eigenvalue weighted by Crippen LogP contribution is 2.29. The Balaban J connectivity index is 2.21. The monoisotopic (exact) mass is 329 g/mol. The summed E-state index contributed by atoms with van der Waals surface area (Å²) in [5.74, 6) is -0.514. The van der Waals surface area contributed by atoms with E-state index in [0.717, 1.165) is 19.0 Å². The molecule has 2 aromatic rings. The number of carbonyl (C=O) groups is 1. The Morgan fingerprint density at radius 3 is 2.65 bits per heavy atom. The van der Waals surface area contributed by atoms with Crippen molar-refractivity contribution in [3.63, 3.8) is 0 Å².